The van der Waals surface area contributed by atoms with Gasteiger partial charge in [-0.1, -0.05) is 29.4 Å². The normalized spacial score (nSPS) is 13.0. The number of carbonyl (C=O) groups excluding carboxylic acids is 2. The van der Waals surface area contributed by atoms with E-state index in [0.29, 0.717) is 57.4 Å². The summed E-state index contributed by atoms with van der Waals surface area (Å²) < 4.78 is 29.9. The van der Waals surface area contributed by atoms with E-state index in [1.807, 2.05) is 24.3 Å². The topological polar surface area (TPSA) is 100 Å². The average Bonchev–Trinajstić information content (AvgIpc) is 3.13. The fraction of sp³-hybridized carbons (Fsp3) is 0.222. The number of aromatic nitrogens is 1. The maximum absolute atomic E-state index is 14.6. The first kappa shape index (κ1) is 27.3. The molecule has 1 heterocycles. The van der Waals surface area contributed by atoms with E-state index < -0.39 is 7.40 Å². The average molecular weight is 501 g/mol. The number of hydrogen-bond donors (Lipinski definition) is 0. The summed E-state index contributed by atoms with van der Waals surface area (Å²) in [7, 11) is -1.38. The molecule has 10 heteroatoms. The van der Waals surface area contributed by atoms with Gasteiger partial charge in [-0.25, -0.2) is 0 Å². The quantitative estimate of drug-likeness (QED) is 0.0476. The van der Waals surface area contributed by atoms with Crippen molar-refractivity contribution in [3.8, 4) is 0 Å². The van der Waals surface area contributed by atoms with Gasteiger partial charge in [-0.15, -0.1) is 0 Å². The van der Waals surface area contributed by atoms with Crippen LogP contribution >= 0.6 is 0 Å². The fourth-order valence-electron chi connectivity index (χ4n) is 4.68. The fourth-order valence-corrected chi connectivity index (χ4v) is 4.68. The number of aliphatic imine (C=N–C) groups is 1. The zero-order valence-electron chi connectivity index (χ0n) is 21.5. The molecule has 0 radical (unpaired) electrons. The Hall–Kier alpha value is -4.30. The standard InChI is InChI=1S/C27H26BF2N5O2/c1-15(24(13-36)18(4)32-6)16(2)26(27-17(3)25(14-37)19(5)35(27)28(29)30)23-12-21(33-34-31)11-20-9-7-8-10-22(20)23/h7-14H,1-6H3/b24-15-,26-16+,32-18?. The molecule has 3 aromatic rings. The van der Waals surface area contributed by atoms with Gasteiger partial charge in [0.15, 0.2) is 12.6 Å². The smallest absolute Gasteiger partial charge is 0.328 e. The molecule has 0 aliphatic rings. The van der Waals surface area contributed by atoms with E-state index in [1.165, 1.54) is 6.92 Å². The molecular formula is C27H26BF2N5O2. The highest BCUT2D eigenvalue weighted by atomic mass is 19.2. The monoisotopic (exact) mass is 501 g/mol. The van der Waals surface area contributed by atoms with E-state index in [4.69, 9.17) is 5.53 Å². The van der Waals surface area contributed by atoms with Crippen LogP contribution in [-0.4, -0.2) is 37.2 Å². The third kappa shape index (κ3) is 4.88. The number of nitrogens with zero attached hydrogens (tertiary/aromatic N) is 5. The predicted octanol–water partition coefficient (Wildman–Crippen LogP) is 7.21. The van der Waals surface area contributed by atoms with E-state index >= 15 is 0 Å². The van der Waals surface area contributed by atoms with Crippen molar-refractivity contribution in [3.05, 3.63) is 91.6 Å². The van der Waals surface area contributed by atoms with E-state index in [-0.39, 0.29) is 17.0 Å². The second kappa shape index (κ2) is 11.2. The number of rotatable bonds is 8. The molecule has 0 spiro atoms. The van der Waals surface area contributed by atoms with Crippen molar-refractivity contribution in [1.29, 1.82) is 0 Å². The summed E-state index contributed by atoms with van der Waals surface area (Å²) in [4.78, 5) is 31.0. The number of carbonyl (C=O) groups is 2. The van der Waals surface area contributed by atoms with Crippen LogP contribution in [0, 0.1) is 13.8 Å². The molecule has 3 rings (SSSR count). The Balaban J connectivity index is 2.69. The Labute approximate surface area is 214 Å². The molecule has 0 aliphatic heterocycles. The number of fused-ring (bicyclic) bond motifs is 1. The van der Waals surface area contributed by atoms with E-state index in [2.05, 4.69) is 15.0 Å². The van der Waals surface area contributed by atoms with Crippen LogP contribution in [0.25, 0.3) is 26.8 Å². The van der Waals surface area contributed by atoms with Crippen molar-refractivity contribution in [3.63, 3.8) is 0 Å². The van der Waals surface area contributed by atoms with Crippen LogP contribution in [0.3, 0.4) is 0 Å². The van der Waals surface area contributed by atoms with E-state index in [9.17, 15) is 18.2 Å². The van der Waals surface area contributed by atoms with Gasteiger partial charge in [0.05, 0.1) is 0 Å². The van der Waals surface area contributed by atoms with E-state index in [1.54, 1.807) is 46.9 Å². The summed E-state index contributed by atoms with van der Waals surface area (Å²) in [6.45, 7) is 8.26. The van der Waals surface area contributed by atoms with Gasteiger partial charge in [0, 0.05) is 51.5 Å². The minimum absolute atomic E-state index is 0.127. The van der Waals surface area contributed by atoms with Crippen LogP contribution < -0.4 is 0 Å². The van der Waals surface area contributed by atoms with Crippen LogP contribution in [0.5, 0.6) is 0 Å². The second-order valence-electron chi connectivity index (χ2n) is 8.61. The summed E-state index contributed by atoms with van der Waals surface area (Å²) >= 11 is 0. The van der Waals surface area contributed by atoms with Gasteiger partial charge in [0.25, 0.3) is 0 Å². The minimum Gasteiger partial charge on any atom is -0.328 e. The van der Waals surface area contributed by atoms with Crippen molar-refractivity contribution in [2.75, 3.05) is 7.05 Å². The Morgan fingerprint density at radius 1 is 1.08 bits per heavy atom. The first-order chi connectivity index (χ1) is 17.6. The second-order valence-corrected chi connectivity index (χ2v) is 8.61. The van der Waals surface area contributed by atoms with Gasteiger partial charge in [0.1, 0.15) is 0 Å². The third-order valence-corrected chi connectivity index (χ3v) is 6.76. The van der Waals surface area contributed by atoms with Crippen LogP contribution in [0.4, 0.5) is 14.3 Å². The lowest BCUT2D eigenvalue weighted by Crippen LogP contribution is -2.19. The van der Waals surface area contributed by atoms with Crippen molar-refractivity contribution >= 4 is 47.7 Å². The predicted molar refractivity (Wildman–Crippen MR) is 145 cm³/mol. The first-order valence-electron chi connectivity index (χ1n) is 11.5. The number of allylic oxidation sites excluding steroid dienone is 3. The minimum atomic E-state index is -2.94. The van der Waals surface area contributed by atoms with Gasteiger partial charge in [-0.2, -0.15) is 0 Å². The van der Waals surface area contributed by atoms with Crippen molar-refractivity contribution in [2.45, 2.75) is 34.6 Å². The molecule has 1 aromatic heterocycles. The lowest BCUT2D eigenvalue weighted by atomic mass is 9.86. The summed E-state index contributed by atoms with van der Waals surface area (Å²) in [6, 6.07) is 10.7. The Bertz CT molecular complexity index is 1560. The van der Waals surface area contributed by atoms with Gasteiger partial charge in [0.2, 0.25) is 0 Å². The molecule has 0 unspecified atom stereocenters. The zero-order valence-corrected chi connectivity index (χ0v) is 21.5. The highest BCUT2D eigenvalue weighted by Gasteiger charge is 2.31. The first-order valence-corrected chi connectivity index (χ1v) is 11.5. The van der Waals surface area contributed by atoms with Crippen molar-refractivity contribution in [1.82, 2.24) is 4.48 Å². The number of benzene rings is 2. The molecular weight excluding hydrogens is 475 g/mol. The van der Waals surface area contributed by atoms with Gasteiger partial charge in [-0.05, 0) is 85.3 Å². The van der Waals surface area contributed by atoms with Gasteiger partial charge < -0.3 is 4.48 Å². The highest BCUT2D eigenvalue weighted by molar-refractivity contribution is 6.42. The molecule has 0 saturated carbocycles. The molecule has 7 nitrogen and oxygen atoms in total. The molecule has 0 aliphatic carbocycles. The molecule has 188 valence electrons. The molecule has 0 amide bonds. The molecule has 0 fully saturated rings. The number of azide groups is 1. The summed E-state index contributed by atoms with van der Waals surface area (Å²) in [6.07, 6.45) is 1.26. The maximum atomic E-state index is 14.6. The molecule has 0 bridgehead atoms. The largest absolute Gasteiger partial charge is 0.677 e. The lowest BCUT2D eigenvalue weighted by Gasteiger charge is -2.21. The summed E-state index contributed by atoms with van der Waals surface area (Å²) in [5.74, 6) is 0. The molecule has 0 atom stereocenters. The molecule has 0 saturated heterocycles. The van der Waals surface area contributed by atoms with Crippen LogP contribution in [0.1, 0.15) is 53.6 Å². The van der Waals surface area contributed by atoms with E-state index in [0.717, 1.165) is 15.3 Å². The molecule has 2 aromatic carbocycles. The Morgan fingerprint density at radius 3 is 2.32 bits per heavy atom. The highest BCUT2D eigenvalue weighted by Crippen LogP contribution is 2.41. The van der Waals surface area contributed by atoms with Crippen molar-refractivity contribution < 1.29 is 18.2 Å². The number of halogens is 2. The third-order valence-electron chi connectivity index (χ3n) is 6.76. The SMILES string of the molecule is CN=C(C)/C(C=O)=C(C)\C(C)=C(/c1cc(N=[N+]=[N-])cc2ccccc12)c1c(C)c(C=O)c(C)n1B(F)F. The number of hydrogen-bond acceptors (Lipinski definition) is 4. The lowest BCUT2D eigenvalue weighted by molar-refractivity contribution is -0.104. The number of aldehydes is 2. The maximum Gasteiger partial charge on any atom is 0.677 e. The summed E-state index contributed by atoms with van der Waals surface area (Å²) in [5, 5.41) is 5.23. The van der Waals surface area contributed by atoms with Gasteiger partial charge in [-0.3, -0.25) is 23.2 Å². The van der Waals surface area contributed by atoms with Gasteiger partial charge >= 0.3 is 7.40 Å². The molecule has 0 N–H and O–H groups in total. The summed E-state index contributed by atoms with van der Waals surface area (Å²) in [5.41, 5.74) is 13.0. The van der Waals surface area contributed by atoms with Crippen LogP contribution in [0.15, 0.2) is 63.2 Å². The van der Waals surface area contributed by atoms with Crippen molar-refractivity contribution in [2.24, 2.45) is 10.1 Å². The zero-order chi connectivity index (χ0) is 27.4. The Kier molecular flexibility index (Phi) is 8.25. The van der Waals surface area contributed by atoms with Crippen LogP contribution in [-0.2, 0) is 4.79 Å². The van der Waals surface area contributed by atoms with Crippen LogP contribution in [0.2, 0.25) is 0 Å². The molecule has 37 heavy (non-hydrogen) atoms. The Morgan fingerprint density at radius 2 is 1.76 bits per heavy atom.